The van der Waals surface area contributed by atoms with Crippen molar-refractivity contribution in [3.05, 3.63) is 42.5 Å². The number of benzene rings is 2. The Hall–Kier alpha value is -2.11. The Morgan fingerprint density at radius 3 is 2.78 bits per heavy atom. The molecule has 23 heavy (non-hydrogen) atoms. The molecular weight excluding hydrogens is 292 g/mol. The molecule has 1 amide bonds. The van der Waals surface area contributed by atoms with Crippen LogP contribution in [-0.4, -0.2) is 51.9 Å². The minimum atomic E-state index is -0.0782. The predicted molar refractivity (Wildman–Crippen MR) is 88.8 cm³/mol. The van der Waals surface area contributed by atoms with Crippen LogP contribution in [0.25, 0.3) is 10.8 Å². The maximum Gasteiger partial charge on any atom is 0.258 e. The van der Waals surface area contributed by atoms with E-state index in [0.717, 1.165) is 49.4 Å². The lowest BCUT2D eigenvalue weighted by Crippen LogP contribution is -3.14. The molecule has 0 saturated carbocycles. The molecular formula is C18H23N2O3+. The summed E-state index contributed by atoms with van der Waals surface area (Å²) in [6.45, 7) is 5.31. The number of hydrogen-bond donors (Lipinski definition) is 2. The molecule has 0 aliphatic carbocycles. The van der Waals surface area contributed by atoms with Crippen molar-refractivity contribution in [2.75, 3.05) is 46.0 Å². The Morgan fingerprint density at radius 2 is 1.91 bits per heavy atom. The van der Waals surface area contributed by atoms with E-state index in [1.54, 1.807) is 0 Å². The van der Waals surface area contributed by atoms with Crippen LogP contribution in [0, 0.1) is 0 Å². The summed E-state index contributed by atoms with van der Waals surface area (Å²) in [6.07, 6.45) is 0. The first-order chi connectivity index (χ1) is 11.3. The highest BCUT2D eigenvalue weighted by molar-refractivity contribution is 5.88. The summed E-state index contributed by atoms with van der Waals surface area (Å²) in [6, 6.07) is 13.9. The van der Waals surface area contributed by atoms with Gasteiger partial charge in [-0.3, -0.25) is 4.79 Å². The molecule has 0 radical (unpaired) electrons. The first-order valence-electron chi connectivity index (χ1n) is 8.11. The van der Waals surface area contributed by atoms with E-state index in [0.29, 0.717) is 6.54 Å². The maximum absolute atomic E-state index is 11.9. The second kappa shape index (κ2) is 7.94. The minimum absolute atomic E-state index is 0.0481. The van der Waals surface area contributed by atoms with E-state index in [1.807, 2.05) is 42.5 Å². The van der Waals surface area contributed by atoms with Crippen molar-refractivity contribution in [2.45, 2.75) is 0 Å². The molecule has 5 heteroatoms. The molecule has 0 atom stereocenters. The van der Waals surface area contributed by atoms with E-state index in [2.05, 4.69) is 5.32 Å². The molecule has 2 N–H and O–H groups in total. The summed E-state index contributed by atoms with van der Waals surface area (Å²) in [5.74, 6) is 0.669. The van der Waals surface area contributed by atoms with E-state index < -0.39 is 0 Å². The molecule has 0 spiro atoms. The first-order valence-corrected chi connectivity index (χ1v) is 8.11. The SMILES string of the molecule is O=C(COc1cccc2ccccc12)NCC[NH+]1CCOCC1. The Morgan fingerprint density at radius 1 is 1.13 bits per heavy atom. The molecule has 1 fully saturated rings. The van der Waals surface area contributed by atoms with Crippen molar-refractivity contribution in [1.29, 1.82) is 0 Å². The second-order valence-corrected chi connectivity index (χ2v) is 5.73. The number of carbonyl (C=O) groups is 1. The molecule has 0 bridgehead atoms. The van der Waals surface area contributed by atoms with Crippen molar-refractivity contribution >= 4 is 16.7 Å². The van der Waals surface area contributed by atoms with Crippen molar-refractivity contribution < 1.29 is 19.2 Å². The quantitative estimate of drug-likeness (QED) is 0.803. The Bertz CT molecular complexity index is 648. The molecule has 2 aromatic rings. The lowest BCUT2D eigenvalue weighted by molar-refractivity contribution is -0.906. The standard InChI is InChI=1S/C18H22N2O3/c21-18(19-8-9-20-10-12-22-13-11-20)14-23-17-7-3-5-15-4-1-2-6-16(15)17/h1-7H,8-14H2,(H,19,21)/p+1. The van der Waals surface area contributed by atoms with Gasteiger partial charge in [0.15, 0.2) is 6.61 Å². The summed E-state index contributed by atoms with van der Waals surface area (Å²) < 4.78 is 11.0. The average Bonchev–Trinajstić information content (AvgIpc) is 2.61. The lowest BCUT2D eigenvalue weighted by Gasteiger charge is -2.23. The molecule has 3 rings (SSSR count). The summed E-state index contributed by atoms with van der Waals surface area (Å²) in [7, 11) is 0. The zero-order chi connectivity index (χ0) is 15.9. The number of nitrogens with one attached hydrogen (secondary N) is 2. The van der Waals surface area contributed by atoms with Crippen molar-refractivity contribution in [3.63, 3.8) is 0 Å². The summed E-state index contributed by atoms with van der Waals surface area (Å²) in [5.41, 5.74) is 0. The molecule has 1 saturated heterocycles. The highest BCUT2D eigenvalue weighted by Gasteiger charge is 2.13. The second-order valence-electron chi connectivity index (χ2n) is 5.73. The van der Waals surface area contributed by atoms with Crippen LogP contribution in [0.3, 0.4) is 0 Å². The van der Waals surface area contributed by atoms with Gasteiger partial charge in [-0.15, -0.1) is 0 Å². The minimum Gasteiger partial charge on any atom is -0.483 e. The predicted octanol–water partition coefficient (Wildman–Crippen LogP) is 0.250. The van der Waals surface area contributed by atoms with Gasteiger partial charge in [0.05, 0.1) is 26.3 Å². The highest BCUT2D eigenvalue weighted by Crippen LogP contribution is 2.24. The fourth-order valence-electron chi connectivity index (χ4n) is 2.80. The van der Waals surface area contributed by atoms with Crippen LogP contribution in [0.1, 0.15) is 0 Å². The van der Waals surface area contributed by atoms with E-state index in [4.69, 9.17) is 9.47 Å². The molecule has 5 nitrogen and oxygen atoms in total. The number of rotatable bonds is 6. The van der Waals surface area contributed by atoms with Crippen LogP contribution in [0.4, 0.5) is 0 Å². The van der Waals surface area contributed by atoms with E-state index in [-0.39, 0.29) is 12.5 Å². The first kappa shape index (κ1) is 15.8. The van der Waals surface area contributed by atoms with E-state index in [1.165, 1.54) is 4.90 Å². The molecule has 1 aliphatic rings. The van der Waals surface area contributed by atoms with Crippen molar-refractivity contribution in [3.8, 4) is 5.75 Å². The topological polar surface area (TPSA) is 52.0 Å². The zero-order valence-corrected chi connectivity index (χ0v) is 13.2. The molecule has 0 aromatic heterocycles. The lowest BCUT2D eigenvalue weighted by atomic mass is 10.1. The van der Waals surface area contributed by atoms with E-state index >= 15 is 0 Å². The van der Waals surface area contributed by atoms with Gasteiger partial charge < -0.3 is 19.7 Å². The van der Waals surface area contributed by atoms with E-state index in [9.17, 15) is 4.79 Å². The number of morpholine rings is 1. The van der Waals surface area contributed by atoms with Gasteiger partial charge in [0.2, 0.25) is 0 Å². The fraction of sp³-hybridized carbons (Fsp3) is 0.389. The van der Waals surface area contributed by atoms with Gasteiger partial charge >= 0.3 is 0 Å². The molecule has 2 aromatic carbocycles. The monoisotopic (exact) mass is 315 g/mol. The third-order valence-corrected chi connectivity index (χ3v) is 4.11. The van der Waals surface area contributed by atoms with Gasteiger partial charge in [-0.25, -0.2) is 0 Å². The summed E-state index contributed by atoms with van der Waals surface area (Å²) in [5, 5.41) is 5.06. The summed E-state index contributed by atoms with van der Waals surface area (Å²) in [4.78, 5) is 13.4. The number of fused-ring (bicyclic) bond motifs is 1. The van der Waals surface area contributed by atoms with Crippen LogP contribution in [0.5, 0.6) is 5.75 Å². The maximum atomic E-state index is 11.9. The number of amides is 1. The van der Waals surface area contributed by atoms with Crippen molar-refractivity contribution in [2.24, 2.45) is 0 Å². The van der Waals surface area contributed by atoms with Crippen LogP contribution in [-0.2, 0) is 9.53 Å². The Balaban J connectivity index is 1.45. The van der Waals surface area contributed by atoms with Gasteiger partial charge in [0.1, 0.15) is 18.8 Å². The normalized spacial score (nSPS) is 15.5. The number of ether oxygens (including phenoxy) is 2. The van der Waals surface area contributed by atoms with Crippen LogP contribution < -0.4 is 15.0 Å². The van der Waals surface area contributed by atoms with Gasteiger partial charge in [-0.2, -0.15) is 0 Å². The van der Waals surface area contributed by atoms with Gasteiger partial charge in [-0.1, -0.05) is 36.4 Å². The third-order valence-electron chi connectivity index (χ3n) is 4.11. The van der Waals surface area contributed by atoms with Gasteiger partial charge in [0.25, 0.3) is 5.91 Å². The Labute approximate surface area is 136 Å². The summed E-state index contributed by atoms with van der Waals surface area (Å²) >= 11 is 0. The average molecular weight is 315 g/mol. The fourth-order valence-corrected chi connectivity index (χ4v) is 2.80. The van der Waals surface area contributed by atoms with Crippen LogP contribution >= 0.6 is 0 Å². The molecule has 122 valence electrons. The van der Waals surface area contributed by atoms with Crippen LogP contribution in [0.15, 0.2) is 42.5 Å². The molecule has 1 heterocycles. The molecule has 1 aliphatic heterocycles. The highest BCUT2D eigenvalue weighted by atomic mass is 16.5. The number of quaternary nitrogens is 1. The van der Waals surface area contributed by atoms with Crippen molar-refractivity contribution in [1.82, 2.24) is 5.32 Å². The van der Waals surface area contributed by atoms with Crippen LogP contribution in [0.2, 0.25) is 0 Å². The Kier molecular flexibility index (Phi) is 5.45. The smallest absolute Gasteiger partial charge is 0.258 e. The largest absolute Gasteiger partial charge is 0.483 e. The molecule has 0 unspecified atom stereocenters. The third kappa shape index (κ3) is 4.43. The number of carbonyl (C=O) groups excluding carboxylic acids is 1. The zero-order valence-electron chi connectivity index (χ0n) is 13.2. The number of hydrogen-bond acceptors (Lipinski definition) is 3. The van der Waals surface area contributed by atoms with Gasteiger partial charge in [-0.05, 0) is 11.5 Å². The van der Waals surface area contributed by atoms with Gasteiger partial charge in [0, 0.05) is 5.39 Å².